The average molecular weight is 372 g/mol. The van der Waals surface area contributed by atoms with E-state index in [1.165, 1.54) is 11.3 Å². The van der Waals surface area contributed by atoms with Crippen LogP contribution < -0.4 is 15.4 Å². The summed E-state index contributed by atoms with van der Waals surface area (Å²) in [6, 6.07) is 6.69. The first kappa shape index (κ1) is 17.9. The minimum absolute atomic E-state index is 0.312. The van der Waals surface area contributed by atoms with E-state index < -0.39 is 6.04 Å². The van der Waals surface area contributed by atoms with Crippen LogP contribution in [0.1, 0.15) is 23.1 Å². The topological polar surface area (TPSA) is 85.2 Å². The summed E-state index contributed by atoms with van der Waals surface area (Å²) in [4.78, 5) is 29.0. The molecule has 2 aromatic heterocycles. The molecule has 0 saturated carbocycles. The van der Waals surface area contributed by atoms with E-state index in [0.29, 0.717) is 10.8 Å². The highest BCUT2D eigenvalue weighted by molar-refractivity contribution is 7.13. The van der Waals surface area contributed by atoms with Crippen molar-refractivity contribution in [3.63, 3.8) is 0 Å². The Labute approximate surface area is 155 Å². The van der Waals surface area contributed by atoms with E-state index in [0.717, 1.165) is 22.3 Å². The molecule has 0 radical (unpaired) electrons. The second kappa shape index (κ2) is 7.17. The normalized spacial score (nSPS) is 12.0. The zero-order valence-electron chi connectivity index (χ0n) is 15.0. The van der Waals surface area contributed by atoms with E-state index in [9.17, 15) is 9.59 Å². The highest BCUT2D eigenvalue weighted by atomic mass is 32.1. The van der Waals surface area contributed by atoms with Gasteiger partial charge in [-0.1, -0.05) is 0 Å². The van der Waals surface area contributed by atoms with Crippen molar-refractivity contribution < 1.29 is 14.3 Å². The molecule has 7 nitrogen and oxygen atoms in total. The predicted molar refractivity (Wildman–Crippen MR) is 102 cm³/mol. The van der Waals surface area contributed by atoms with Gasteiger partial charge in [-0.25, -0.2) is 4.98 Å². The van der Waals surface area contributed by atoms with Crippen LogP contribution in [0.15, 0.2) is 29.6 Å². The maximum Gasteiger partial charge on any atom is 0.268 e. The Morgan fingerprint density at radius 3 is 2.73 bits per heavy atom. The first-order chi connectivity index (χ1) is 12.4. The second-order valence-electron chi connectivity index (χ2n) is 5.99. The van der Waals surface area contributed by atoms with Gasteiger partial charge in [0.25, 0.3) is 5.91 Å². The van der Waals surface area contributed by atoms with Gasteiger partial charge in [0, 0.05) is 23.3 Å². The zero-order valence-corrected chi connectivity index (χ0v) is 15.8. The number of aromatic nitrogens is 2. The molecule has 3 rings (SSSR count). The molecule has 2 heterocycles. The number of fused-ring (bicyclic) bond motifs is 1. The number of amides is 2. The van der Waals surface area contributed by atoms with E-state index in [4.69, 9.17) is 4.74 Å². The van der Waals surface area contributed by atoms with Gasteiger partial charge in [0.2, 0.25) is 5.91 Å². The number of thiazole rings is 1. The Morgan fingerprint density at radius 2 is 2.08 bits per heavy atom. The lowest BCUT2D eigenvalue weighted by atomic mass is 10.2. The average Bonchev–Trinajstić information content (AvgIpc) is 3.17. The van der Waals surface area contributed by atoms with Crippen molar-refractivity contribution in [2.45, 2.75) is 19.9 Å². The molecule has 136 valence electrons. The summed E-state index contributed by atoms with van der Waals surface area (Å²) in [7, 11) is 3.41. The zero-order chi connectivity index (χ0) is 18.8. The van der Waals surface area contributed by atoms with Gasteiger partial charge in [-0.2, -0.15) is 0 Å². The number of ether oxygens (including phenoxy) is 1. The number of hydrogen-bond acceptors (Lipinski definition) is 5. The van der Waals surface area contributed by atoms with Gasteiger partial charge in [-0.3, -0.25) is 9.59 Å². The third kappa shape index (κ3) is 3.55. The molecule has 0 bridgehead atoms. The molecule has 3 aromatic rings. The molecule has 1 aromatic carbocycles. The molecule has 26 heavy (non-hydrogen) atoms. The number of carbonyl (C=O) groups is 2. The lowest BCUT2D eigenvalue weighted by molar-refractivity contribution is -0.117. The van der Waals surface area contributed by atoms with Crippen molar-refractivity contribution >= 4 is 39.2 Å². The third-order valence-corrected chi connectivity index (χ3v) is 4.95. The maximum atomic E-state index is 12.6. The van der Waals surface area contributed by atoms with Gasteiger partial charge >= 0.3 is 0 Å². The van der Waals surface area contributed by atoms with Gasteiger partial charge in [-0.05, 0) is 38.1 Å². The van der Waals surface area contributed by atoms with Crippen molar-refractivity contribution in [2.75, 3.05) is 12.4 Å². The first-order valence-electron chi connectivity index (χ1n) is 8.06. The van der Waals surface area contributed by atoms with Crippen molar-refractivity contribution in [3.8, 4) is 5.75 Å². The van der Waals surface area contributed by atoms with Crippen LogP contribution in [0.25, 0.3) is 10.9 Å². The molecule has 8 heteroatoms. The smallest absolute Gasteiger partial charge is 0.268 e. The molecule has 2 amide bonds. The predicted octanol–water partition coefficient (Wildman–Crippen LogP) is 2.71. The number of hydrogen-bond donors (Lipinski definition) is 2. The minimum Gasteiger partial charge on any atom is -0.497 e. The highest BCUT2D eigenvalue weighted by Gasteiger charge is 2.20. The molecule has 0 fully saturated rings. The molecule has 0 aliphatic heterocycles. The van der Waals surface area contributed by atoms with Crippen molar-refractivity contribution in [2.24, 2.45) is 7.05 Å². The molecule has 0 aliphatic carbocycles. The maximum absolute atomic E-state index is 12.6. The fraction of sp³-hybridized carbons (Fsp3) is 0.278. The van der Waals surface area contributed by atoms with Crippen molar-refractivity contribution in [3.05, 3.63) is 41.0 Å². The van der Waals surface area contributed by atoms with Gasteiger partial charge in [0.1, 0.15) is 17.5 Å². The summed E-state index contributed by atoms with van der Waals surface area (Å²) in [6.07, 6.45) is 0. The van der Waals surface area contributed by atoms with Gasteiger partial charge < -0.3 is 19.9 Å². The molecule has 0 saturated heterocycles. The van der Waals surface area contributed by atoms with Crippen LogP contribution in [0.5, 0.6) is 5.75 Å². The number of aryl methyl sites for hydroxylation is 2. The van der Waals surface area contributed by atoms with Crippen molar-refractivity contribution in [1.82, 2.24) is 14.9 Å². The number of methoxy groups -OCH3 is 1. The van der Waals surface area contributed by atoms with Crippen LogP contribution in [0.2, 0.25) is 0 Å². The SMILES string of the molecule is COc1ccc2c(c1)cc(C(=O)N[C@H](C)C(=O)Nc1nc(C)cs1)n2C. The molecular formula is C18H20N4O3S. The van der Waals surface area contributed by atoms with Gasteiger partial charge in [-0.15, -0.1) is 11.3 Å². The Kier molecular flexibility index (Phi) is 4.94. The molecule has 0 aliphatic rings. The number of anilines is 1. The van der Waals surface area contributed by atoms with Crippen molar-refractivity contribution in [1.29, 1.82) is 0 Å². The summed E-state index contributed by atoms with van der Waals surface area (Å²) < 4.78 is 7.01. The fourth-order valence-corrected chi connectivity index (χ4v) is 3.32. The monoisotopic (exact) mass is 372 g/mol. The van der Waals surface area contributed by atoms with Crippen LogP contribution in [0.4, 0.5) is 5.13 Å². The van der Waals surface area contributed by atoms with Gasteiger partial charge in [0.05, 0.1) is 12.8 Å². The number of rotatable bonds is 5. The van der Waals surface area contributed by atoms with Crippen LogP contribution in [-0.4, -0.2) is 34.5 Å². The summed E-state index contributed by atoms with van der Waals surface area (Å²) in [5.41, 5.74) is 2.22. The molecule has 0 unspecified atom stereocenters. The fourth-order valence-electron chi connectivity index (χ4n) is 2.63. The van der Waals surface area contributed by atoms with E-state index in [1.807, 2.05) is 37.6 Å². The standard InChI is InChI=1S/C18H20N4O3S/c1-10-9-26-18(19-10)21-16(23)11(2)20-17(24)15-8-12-7-13(25-4)5-6-14(12)22(15)3/h5-9,11H,1-4H3,(H,20,24)(H,19,21,23)/t11-/m1/s1. The molecule has 0 spiro atoms. The molecule has 1 atom stereocenters. The number of nitrogens with zero attached hydrogens (tertiary/aromatic N) is 2. The Bertz CT molecular complexity index is 976. The second-order valence-corrected chi connectivity index (χ2v) is 6.85. The summed E-state index contributed by atoms with van der Waals surface area (Å²) in [5, 5.41) is 8.70. The molecular weight excluding hydrogens is 352 g/mol. The summed E-state index contributed by atoms with van der Waals surface area (Å²) >= 11 is 1.35. The van der Waals surface area contributed by atoms with E-state index in [2.05, 4.69) is 15.6 Å². The Balaban J connectivity index is 1.73. The Hall–Kier alpha value is -2.87. The first-order valence-corrected chi connectivity index (χ1v) is 8.94. The summed E-state index contributed by atoms with van der Waals surface area (Å²) in [5.74, 6) is 0.0929. The van der Waals surface area contributed by atoms with Crippen LogP contribution in [0, 0.1) is 6.92 Å². The van der Waals surface area contributed by atoms with E-state index >= 15 is 0 Å². The number of nitrogens with one attached hydrogen (secondary N) is 2. The largest absolute Gasteiger partial charge is 0.497 e. The van der Waals surface area contributed by atoms with E-state index in [1.54, 1.807) is 24.7 Å². The van der Waals surface area contributed by atoms with Gasteiger partial charge in [0.15, 0.2) is 5.13 Å². The van der Waals surface area contributed by atoms with Crippen LogP contribution in [-0.2, 0) is 11.8 Å². The Morgan fingerprint density at radius 1 is 1.31 bits per heavy atom. The van der Waals surface area contributed by atoms with Crippen LogP contribution >= 0.6 is 11.3 Å². The highest BCUT2D eigenvalue weighted by Crippen LogP contribution is 2.24. The molecule has 2 N–H and O–H groups in total. The number of carbonyl (C=O) groups excluding carboxylic acids is 2. The van der Waals surface area contributed by atoms with Crippen LogP contribution in [0.3, 0.4) is 0 Å². The lowest BCUT2D eigenvalue weighted by Gasteiger charge is -2.13. The lowest BCUT2D eigenvalue weighted by Crippen LogP contribution is -2.42. The summed E-state index contributed by atoms with van der Waals surface area (Å²) in [6.45, 7) is 3.49. The minimum atomic E-state index is -0.695. The van der Waals surface area contributed by atoms with E-state index in [-0.39, 0.29) is 11.8 Å². The third-order valence-electron chi connectivity index (χ3n) is 4.07. The number of benzene rings is 1. The quantitative estimate of drug-likeness (QED) is 0.721.